The number of hydrogen-bond donors (Lipinski definition) is 2. The number of thiophene rings is 1. The molecule has 0 saturated heterocycles. The number of hydrogen-bond acceptors (Lipinski definition) is 3. The van der Waals surface area contributed by atoms with Crippen LogP contribution in [0.5, 0.6) is 0 Å². The van der Waals surface area contributed by atoms with Crippen molar-refractivity contribution in [3.05, 3.63) is 50.6 Å². The van der Waals surface area contributed by atoms with Crippen molar-refractivity contribution < 1.29 is 0 Å². The van der Waals surface area contributed by atoms with E-state index >= 15 is 0 Å². The molecule has 17 heavy (non-hydrogen) atoms. The van der Waals surface area contributed by atoms with Gasteiger partial charge in [0.15, 0.2) is 0 Å². The number of rotatable bonds is 4. The van der Waals surface area contributed by atoms with Gasteiger partial charge in [0.2, 0.25) is 0 Å². The molecule has 0 aliphatic rings. The van der Waals surface area contributed by atoms with Crippen molar-refractivity contribution in [2.45, 2.75) is 13.0 Å². The van der Waals surface area contributed by atoms with Gasteiger partial charge in [-0.3, -0.25) is 0 Å². The maximum Gasteiger partial charge on any atom is 0.0728 e. The highest BCUT2D eigenvalue weighted by Gasteiger charge is 2.10. The molecular formula is C13H15BrN2S. The van der Waals surface area contributed by atoms with Crippen LogP contribution in [0.25, 0.3) is 0 Å². The summed E-state index contributed by atoms with van der Waals surface area (Å²) in [6.45, 7) is 2.67. The fourth-order valence-electron chi connectivity index (χ4n) is 1.76. The molecule has 1 heterocycles. The first-order chi connectivity index (χ1) is 8.19. The van der Waals surface area contributed by atoms with E-state index in [4.69, 9.17) is 5.73 Å². The van der Waals surface area contributed by atoms with Gasteiger partial charge in [-0.1, -0.05) is 22.0 Å². The molecule has 2 nitrogen and oxygen atoms in total. The van der Waals surface area contributed by atoms with E-state index in [0.29, 0.717) is 6.54 Å². The molecule has 2 rings (SSSR count). The minimum atomic E-state index is 0.184. The fraction of sp³-hybridized carbons (Fsp3) is 0.231. The first-order valence-electron chi connectivity index (χ1n) is 5.46. The van der Waals surface area contributed by atoms with Crippen LogP contribution >= 0.6 is 27.3 Å². The molecule has 0 aliphatic carbocycles. The van der Waals surface area contributed by atoms with Crippen molar-refractivity contribution in [3.8, 4) is 0 Å². The average molecular weight is 311 g/mol. The number of benzene rings is 1. The molecule has 3 N–H and O–H groups in total. The predicted octanol–water partition coefficient (Wildman–Crippen LogP) is 3.93. The van der Waals surface area contributed by atoms with Gasteiger partial charge >= 0.3 is 0 Å². The largest absolute Gasteiger partial charge is 0.376 e. The molecule has 1 aromatic heterocycles. The third-order valence-electron chi connectivity index (χ3n) is 2.51. The Morgan fingerprint density at radius 3 is 2.82 bits per heavy atom. The quantitative estimate of drug-likeness (QED) is 0.898. The molecule has 0 aliphatic heterocycles. The molecular weight excluding hydrogens is 296 g/mol. The summed E-state index contributed by atoms with van der Waals surface area (Å²) in [7, 11) is 0. The zero-order chi connectivity index (χ0) is 12.3. The van der Waals surface area contributed by atoms with E-state index in [9.17, 15) is 0 Å². The van der Waals surface area contributed by atoms with Gasteiger partial charge in [-0.2, -0.15) is 0 Å². The second-order valence-corrected chi connectivity index (χ2v) is 5.86. The van der Waals surface area contributed by atoms with Crippen LogP contribution in [0.15, 0.2) is 40.2 Å². The molecule has 1 unspecified atom stereocenters. The highest BCUT2D eigenvalue weighted by molar-refractivity contribution is 9.10. The van der Waals surface area contributed by atoms with E-state index in [-0.39, 0.29) is 6.04 Å². The van der Waals surface area contributed by atoms with E-state index in [1.807, 2.05) is 0 Å². The molecule has 0 bridgehead atoms. The summed E-state index contributed by atoms with van der Waals surface area (Å²) >= 11 is 5.23. The van der Waals surface area contributed by atoms with Gasteiger partial charge in [0.25, 0.3) is 0 Å². The van der Waals surface area contributed by atoms with Crippen molar-refractivity contribution >= 4 is 33.0 Å². The van der Waals surface area contributed by atoms with E-state index in [1.165, 1.54) is 10.4 Å². The van der Waals surface area contributed by atoms with Gasteiger partial charge < -0.3 is 11.1 Å². The Morgan fingerprint density at radius 2 is 2.24 bits per heavy atom. The summed E-state index contributed by atoms with van der Waals surface area (Å²) in [6, 6.07) is 10.6. The lowest BCUT2D eigenvalue weighted by atomic mass is 10.2. The SMILES string of the molecule is Cc1cc(Br)cc(NC(CN)c2cccs2)c1. The first-order valence-corrected chi connectivity index (χ1v) is 7.13. The van der Waals surface area contributed by atoms with Crippen LogP contribution in [-0.4, -0.2) is 6.54 Å². The highest BCUT2D eigenvalue weighted by atomic mass is 79.9. The molecule has 0 amide bonds. The van der Waals surface area contributed by atoms with Crippen molar-refractivity contribution in [2.24, 2.45) is 5.73 Å². The molecule has 90 valence electrons. The second kappa shape index (κ2) is 5.67. The maximum absolute atomic E-state index is 5.82. The summed E-state index contributed by atoms with van der Waals surface area (Å²) in [6.07, 6.45) is 0. The third kappa shape index (κ3) is 3.31. The Morgan fingerprint density at radius 1 is 1.41 bits per heavy atom. The van der Waals surface area contributed by atoms with Gasteiger partial charge in [0, 0.05) is 21.6 Å². The van der Waals surface area contributed by atoms with Gasteiger partial charge in [-0.05, 0) is 42.1 Å². The van der Waals surface area contributed by atoms with Crippen LogP contribution in [0.3, 0.4) is 0 Å². The summed E-state index contributed by atoms with van der Waals surface area (Å²) < 4.78 is 1.09. The third-order valence-corrected chi connectivity index (χ3v) is 3.95. The second-order valence-electron chi connectivity index (χ2n) is 3.97. The van der Waals surface area contributed by atoms with Crippen LogP contribution in [0.1, 0.15) is 16.5 Å². The molecule has 1 atom stereocenters. The average Bonchev–Trinajstić information content (AvgIpc) is 2.77. The normalized spacial score (nSPS) is 12.4. The summed E-state index contributed by atoms with van der Waals surface area (Å²) in [5.41, 5.74) is 8.14. The lowest BCUT2D eigenvalue weighted by Crippen LogP contribution is -2.19. The van der Waals surface area contributed by atoms with Gasteiger partial charge in [0.1, 0.15) is 0 Å². The van der Waals surface area contributed by atoms with Crippen molar-refractivity contribution in [1.29, 1.82) is 0 Å². The Balaban J connectivity index is 2.18. The smallest absolute Gasteiger partial charge is 0.0728 e. The number of halogens is 1. The van der Waals surface area contributed by atoms with E-state index in [0.717, 1.165) is 10.2 Å². The Kier molecular flexibility index (Phi) is 4.20. The maximum atomic E-state index is 5.82. The lowest BCUT2D eigenvalue weighted by Gasteiger charge is -2.17. The van der Waals surface area contributed by atoms with Crippen LogP contribution in [0, 0.1) is 6.92 Å². The Bertz CT molecular complexity index is 462. The van der Waals surface area contributed by atoms with Crippen LogP contribution in [0.4, 0.5) is 5.69 Å². The first kappa shape index (κ1) is 12.6. The number of aryl methyl sites for hydroxylation is 1. The van der Waals surface area contributed by atoms with Crippen molar-refractivity contribution in [2.75, 3.05) is 11.9 Å². The number of anilines is 1. The van der Waals surface area contributed by atoms with Crippen molar-refractivity contribution in [3.63, 3.8) is 0 Å². The zero-order valence-corrected chi connectivity index (χ0v) is 12.0. The zero-order valence-electron chi connectivity index (χ0n) is 9.61. The van der Waals surface area contributed by atoms with Gasteiger partial charge in [0.05, 0.1) is 6.04 Å². The summed E-state index contributed by atoms with van der Waals surface area (Å²) in [5, 5.41) is 5.54. The fourth-order valence-corrected chi connectivity index (χ4v) is 3.16. The minimum Gasteiger partial charge on any atom is -0.376 e. The molecule has 0 spiro atoms. The van der Waals surface area contributed by atoms with Crippen LogP contribution in [-0.2, 0) is 0 Å². The number of nitrogens with two attached hydrogens (primary N) is 1. The molecule has 0 saturated carbocycles. The Labute approximate surface area is 114 Å². The highest BCUT2D eigenvalue weighted by Crippen LogP contribution is 2.25. The molecule has 4 heteroatoms. The van der Waals surface area contributed by atoms with Crippen LogP contribution in [0.2, 0.25) is 0 Å². The summed E-state index contributed by atoms with van der Waals surface area (Å²) in [4.78, 5) is 1.27. The predicted molar refractivity (Wildman–Crippen MR) is 78.6 cm³/mol. The van der Waals surface area contributed by atoms with Crippen molar-refractivity contribution in [1.82, 2.24) is 0 Å². The van der Waals surface area contributed by atoms with E-state index in [2.05, 4.69) is 63.9 Å². The Hall–Kier alpha value is -0.840. The lowest BCUT2D eigenvalue weighted by molar-refractivity contribution is 0.805. The molecule has 2 aromatic rings. The number of nitrogens with one attached hydrogen (secondary N) is 1. The standard InChI is InChI=1S/C13H15BrN2S/c1-9-5-10(14)7-11(6-9)16-12(8-15)13-3-2-4-17-13/h2-7,12,16H,8,15H2,1H3. The summed E-state index contributed by atoms with van der Waals surface area (Å²) in [5.74, 6) is 0. The molecule has 0 fully saturated rings. The topological polar surface area (TPSA) is 38.0 Å². The minimum absolute atomic E-state index is 0.184. The van der Waals surface area contributed by atoms with Gasteiger partial charge in [-0.25, -0.2) is 0 Å². The van der Waals surface area contributed by atoms with E-state index in [1.54, 1.807) is 11.3 Å². The molecule has 0 radical (unpaired) electrons. The molecule has 1 aromatic carbocycles. The van der Waals surface area contributed by atoms with Crippen LogP contribution < -0.4 is 11.1 Å². The monoisotopic (exact) mass is 310 g/mol. The van der Waals surface area contributed by atoms with E-state index < -0.39 is 0 Å². The van der Waals surface area contributed by atoms with Gasteiger partial charge in [-0.15, -0.1) is 11.3 Å².